The zero-order valence-corrected chi connectivity index (χ0v) is 21.6. The third-order valence-electron chi connectivity index (χ3n) is 5.79. The normalized spacial score (nSPS) is 13.6. The highest BCUT2D eigenvalue weighted by atomic mass is 16.5. The van der Waals surface area contributed by atoms with Crippen molar-refractivity contribution in [1.82, 2.24) is 0 Å². The van der Waals surface area contributed by atoms with Gasteiger partial charge >= 0.3 is 11.9 Å². The number of allylic oxidation sites excluding steroid dienone is 2. The summed E-state index contributed by atoms with van der Waals surface area (Å²) in [5.74, 6) is -0.910. The van der Waals surface area contributed by atoms with Crippen LogP contribution in [0.25, 0.3) is 0 Å². The summed E-state index contributed by atoms with van der Waals surface area (Å²) in [6, 6.07) is 16.3. The van der Waals surface area contributed by atoms with Crippen LogP contribution >= 0.6 is 0 Å². The summed E-state index contributed by atoms with van der Waals surface area (Å²) in [4.78, 5) is 22.8. The molecule has 0 saturated carbocycles. The number of hydrogen-bond donors (Lipinski definition) is 2. The lowest BCUT2D eigenvalue weighted by Crippen LogP contribution is -2.22. The van der Waals surface area contributed by atoms with Crippen LogP contribution in [-0.4, -0.2) is 47.6 Å². The van der Waals surface area contributed by atoms with E-state index in [2.05, 4.69) is 38.1 Å². The third kappa shape index (κ3) is 10.2. The SMILES string of the molecule is CC=CC(=O)OCC(O)Cc1ccc(CC(C)(C)c2ccc(CC(O)COC(=O)C=CC)cc2)cc1. The van der Waals surface area contributed by atoms with Crippen molar-refractivity contribution in [3.8, 4) is 0 Å². The van der Waals surface area contributed by atoms with Gasteiger partial charge in [-0.25, -0.2) is 9.59 Å². The molecule has 0 spiro atoms. The van der Waals surface area contributed by atoms with Gasteiger partial charge in [0.2, 0.25) is 0 Å². The van der Waals surface area contributed by atoms with Gasteiger partial charge in [-0.3, -0.25) is 0 Å². The van der Waals surface area contributed by atoms with Crippen LogP contribution in [0, 0.1) is 0 Å². The van der Waals surface area contributed by atoms with E-state index in [4.69, 9.17) is 9.47 Å². The molecule has 194 valence electrons. The van der Waals surface area contributed by atoms with Crippen molar-refractivity contribution in [1.29, 1.82) is 0 Å². The third-order valence-corrected chi connectivity index (χ3v) is 5.79. The lowest BCUT2D eigenvalue weighted by atomic mass is 9.78. The number of rotatable bonds is 13. The first-order chi connectivity index (χ1) is 17.1. The van der Waals surface area contributed by atoms with E-state index in [0.717, 1.165) is 17.5 Å². The first-order valence-corrected chi connectivity index (χ1v) is 12.2. The van der Waals surface area contributed by atoms with Gasteiger partial charge in [0.1, 0.15) is 13.2 Å². The van der Waals surface area contributed by atoms with Crippen LogP contribution in [-0.2, 0) is 43.7 Å². The maximum atomic E-state index is 11.4. The van der Waals surface area contributed by atoms with Gasteiger partial charge in [0.05, 0.1) is 12.2 Å². The molecule has 2 aromatic rings. The van der Waals surface area contributed by atoms with Crippen molar-refractivity contribution in [2.24, 2.45) is 0 Å². The zero-order valence-electron chi connectivity index (χ0n) is 21.6. The summed E-state index contributed by atoms with van der Waals surface area (Å²) < 4.78 is 10.0. The first-order valence-electron chi connectivity index (χ1n) is 12.2. The quantitative estimate of drug-likeness (QED) is 0.319. The van der Waals surface area contributed by atoms with E-state index in [9.17, 15) is 19.8 Å². The summed E-state index contributed by atoms with van der Waals surface area (Å²) in [7, 11) is 0. The molecule has 2 N–H and O–H groups in total. The molecule has 0 aromatic heterocycles. The highest BCUT2D eigenvalue weighted by molar-refractivity contribution is 5.82. The molecule has 0 aliphatic heterocycles. The summed E-state index contributed by atoms with van der Waals surface area (Å²) in [5.41, 5.74) is 4.21. The maximum absolute atomic E-state index is 11.4. The monoisotopic (exact) mass is 494 g/mol. The second kappa shape index (κ2) is 14.4. The van der Waals surface area contributed by atoms with E-state index in [1.807, 2.05) is 24.3 Å². The molecular formula is C30H38O6. The van der Waals surface area contributed by atoms with Crippen molar-refractivity contribution < 1.29 is 29.3 Å². The van der Waals surface area contributed by atoms with Gasteiger partial charge in [-0.1, -0.05) is 74.5 Å². The summed E-state index contributed by atoms with van der Waals surface area (Å²) in [6.07, 6.45) is 6.00. The predicted octanol–water partition coefficient (Wildman–Crippen LogP) is 4.25. The minimum absolute atomic E-state index is 0.0354. The molecule has 2 aromatic carbocycles. The molecule has 2 rings (SSSR count). The Hall–Kier alpha value is -3.22. The molecule has 0 aliphatic carbocycles. The molecule has 0 radical (unpaired) electrons. The van der Waals surface area contributed by atoms with Gasteiger partial charge in [0, 0.05) is 25.0 Å². The average Bonchev–Trinajstić information content (AvgIpc) is 2.83. The van der Waals surface area contributed by atoms with E-state index in [1.54, 1.807) is 26.0 Å². The number of hydrogen-bond acceptors (Lipinski definition) is 6. The largest absolute Gasteiger partial charge is 0.460 e. The van der Waals surface area contributed by atoms with Crippen LogP contribution in [0.2, 0.25) is 0 Å². The fourth-order valence-electron chi connectivity index (χ4n) is 3.88. The van der Waals surface area contributed by atoms with Crippen molar-refractivity contribution in [2.75, 3.05) is 13.2 Å². The van der Waals surface area contributed by atoms with Gasteiger partial charge in [-0.15, -0.1) is 0 Å². The van der Waals surface area contributed by atoms with E-state index < -0.39 is 24.1 Å². The molecule has 0 fully saturated rings. The molecule has 0 heterocycles. The highest BCUT2D eigenvalue weighted by Crippen LogP contribution is 2.28. The molecule has 2 atom stereocenters. The van der Waals surface area contributed by atoms with Gasteiger partial charge in [-0.2, -0.15) is 0 Å². The highest BCUT2D eigenvalue weighted by Gasteiger charge is 2.21. The Morgan fingerprint density at radius 1 is 0.750 bits per heavy atom. The number of benzene rings is 2. The standard InChI is InChI=1S/C30H38O6/c1-5-7-28(33)35-20-26(31)17-22-9-11-24(12-10-22)19-30(3,4)25-15-13-23(14-16-25)18-27(32)21-36-29(34)8-6-2/h5-16,26-27,31-32H,17-21H2,1-4H3. The van der Waals surface area contributed by atoms with E-state index in [-0.39, 0.29) is 18.6 Å². The van der Waals surface area contributed by atoms with E-state index >= 15 is 0 Å². The summed E-state index contributed by atoms with van der Waals surface area (Å²) in [5, 5.41) is 20.3. The molecule has 0 amide bonds. The van der Waals surface area contributed by atoms with Gasteiger partial charge < -0.3 is 19.7 Å². The fourth-order valence-corrected chi connectivity index (χ4v) is 3.88. The molecule has 36 heavy (non-hydrogen) atoms. The molecule has 0 bridgehead atoms. The molecule has 0 aliphatic rings. The number of aliphatic hydroxyl groups excluding tert-OH is 2. The average molecular weight is 495 g/mol. The van der Waals surface area contributed by atoms with Crippen molar-refractivity contribution in [3.63, 3.8) is 0 Å². The number of carbonyl (C=O) groups excluding carboxylic acids is 2. The number of ether oxygens (including phenoxy) is 2. The molecule has 6 nitrogen and oxygen atoms in total. The molecular weight excluding hydrogens is 456 g/mol. The Labute approximate surface area is 214 Å². The maximum Gasteiger partial charge on any atom is 0.330 e. The Bertz CT molecular complexity index is 1020. The van der Waals surface area contributed by atoms with E-state index in [0.29, 0.717) is 12.8 Å². The fraction of sp³-hybridized carbons (Fsp3) is 0.400. The second-order valence-corrected chi connectivity index (χ2v) is 9.55. The molecule has 2 unspecified atom stereocenters. The van der Waals surface area contributed by atoms with Gasteiger partial charge in [0.15, 0.2) is 0 Å². The molecule has 0 saturated heterocycles. The van der Waals surface area contributed by atoms with Gasteiger partial charge in [-0.05, 0) is 47.9 Å². The van der Waals surface area contributed by atoms with Crippen LogP contribution in [0.4, 0.5) is 0 Å². The van der Waals surface area contributed by atoms with Crippen molar-refractivity contribution in [2.45, 2.75) is 64.6 Å². The Morgan fingerprint density at radius 3 is 1.56 bits per heavy atom. The topological polar surface area (TPSA) is 93.1 Å². The van der Waals surface area contributed by atoms with Crippen LogP contribution < -0.4 is 0 Å². The first kappa shape index (κ1) is 29.0. The number of aliphatic hydroxyl groups is 2. The van der Waals surface area contributed by atoms with Crippen LogP contribution in [0.5, 0.6) is 0 Å². The predicted molar refractivity (Wildman–Crippen MR) is 141 cm³/mol. The Balaban J connectivity index is 1.88. The lowest BCUT2D eigenvalue weighted by Gasteiger charge is -2.26. The van der Waals surface area contributed by atoms with Crippen molar-refractivity contribution in [3.05, 3.63) is 95.1 Å². The van der Waals surface area contributed by atoms with Crippen molar-refractivity contribution >= 4 is 11.9 Å². The van der Waals surface area contributed by atoms with E-state index in [1.165, 1.54) is 23.3 Å². The van der Waals surface area contributed by atoms with Crippen LogP contribution in [0.15, 0.2) is 72.8 Å². The minimum atomic E-state index is -0.754. The molecule has 6 heteroatoms. The number of esters is 2. The summed E-state index contributed by atoms with van der Waals surface area (Å²) in [6.45, 7) is 7.77. The van der Waals surface area contributed by atoms with Gasteiger partial charge in [0.25, 0.3) is 0 Å². The summed E-state index contributed by atoms with van der Waals surface area (Å²) >= 11 is 0. The smallest absolute Gasteiger partial charge is 0.330 e. The second-order valence-electron chi connectivity index (χ2n) is 9.55. The zero-order chi connectivity index (χ0) is 26.6. The lowest BCUT2D eigenvalue weighted by molar-refractivity contribution is -0.141. The Morgan fingerprint density at radius 2 is 1.14 bits per heavy atom. The minimum Gasteiger partial charge on any atom is -0.460 e. The van der Waals surface area contributed by atoms with Crippen LogP contribution in [0.3, 0.4) is 0 Å². The van der Waals surface area contributed by atoms with Crippen LogP contribution in [0.1, 0.15) is 49.9 Å². The Kier molecular flexibility index (Phi) is 11.6. The number of carbonyl (C=O) groups is 2.